The van der Waals surface area contributed by atoms with E-state index in [1.165, 1.54) is 11.3 Å². The largest absolute Gasteiger partial charge is 0.325 e. The predicted molar refractivity (Wildman–Crippen MR) is 50.4 cm³/mol. The fraction of sp³-hybridized carbons (Fsp3) is 0.571. The van der Waals surface area contributed by atoms with E-state index in [0.29, 0.717) is 6.04 Å². The first-order chi connectivity index (χ1) is 5.74. The number of nitrogens with two attached hydrogens (primary N) is 1. The summed E-state index contributed by atoms with van der Waals surface area (Å²) in [7, 11) is 0. The molecular weight excluding hydrogens is 194 g/mol. The summed E-state index contributed by atoms with van der Waals surface area (Å²) in [6, 6.07) is 0.362. The lowest BCUT2D eigenvalue weighted by atomic mass is 10.1. The van der Waals surface area contributed by atoms with Gasteiger partial charge in [-0.25, -0.2) is 4.98 Å². The third-order valence-corrected chi connectivity index (χ3v) is 2.97. The van der Waals surface area contributed by atoms with Crippen molar-refractivity contribution in [3.8, 4) is 0 Å². The maximum Gasteiger partial charge on any atom is 0.113 e. The number of halogens is 1. The number of hydrogen-bond acceptors (Lipinski definition) is 4. The molecule has 0 aromatic carbocycles. The summed E-state index contributed by atoms with van der Waals surface area (Å²) < 4.78 is 0.759. The van der Waals surface area contributed by atoms with Gasteiger partial charge in [0, 0.05) is 19.1 Å². The predicted octanol–water partition coefficient (Wildman–Crippen LogP) is 0.939. The molecule has 1 fully saturated rings. The molecule has 0 radical (unpaired) electrons. The Morgan fingerprint density at radius 2 is 2.50 bits per heavy atom. The summed E-state index contributed by atoms with van der Waals surface area (Å²) in [4.78, 5) is 6.43. The van der Waals surface area contributed by atoms with Crippen LogP contribution in [0.4, 0.5) is 0 Å². The molecule has 1 saturated heterocycles. The average molecular weight is 204 g/mol. The molecule has 0 amide bonds. The molecule has 12 heavy (non-hydrogen) atoms. The van der Waals surface area contributed by atoms with Crippen LogP contribution in [0.2, 0.25) is 4.34 Å². The Balaban J connectivity index is 1.88. The van der Waals surface area contributed by atoms with Gasteiger partial charge in [0.2, 0.25) is 0 Å². The quantitative estimate of drug-likeness (QED) is 0.778. The van der Waals surface area contributed by atoms with E-state index in [4.69, 9.17) is 17.3 Å². The summed E-state index contributed by atoms with van der Waals surface area (Å²) >= 11 is 7.28. The molecule has 0 atom stereocenters. The Labute approximate surface area is 80.1 Å². The highest BCUT2D eigenvalue weighted by atomic mass is 35.5. The number of nitrogens with zero attached hydrogens (tertiary/aromatic N) is 2. The fourth-order valence-electron chi connectivity index (χ4n) is 1.29. The zero-order chi connectivity index (χ0) is 8.55. The standard InChI is InChI=1S/C7H10ClN3S/c8-6-1-10-7(12-6)4-11-2-5(9)3-11/h1,5H,2-4,9H2. The van der Waals surface area contributed by atoms with E-state index in [0.717, 1.165) is 29.0 Å². The maximum absolute atomic E-state index is 5.75. The number of thiazole rings is 1. The second-order valence-corrected chi connectivity index (χ2v) is 4.76. The van der Waals surface area contributed by atoms with E-state index in [1.54, 1.807) is 6.20 Å². The smallest absolute Gasteiger partial charge is 0.113 e. The average Bonchev–Trinajstić information content (AvgIpc) is 2.33. The molecule has 0 bridgehead atoms. The van der Waals surface area contributed by atoms with Gasteiger partial charge in [0.05, 0.1) is 12.7 Å². The molecule has 0 saturated carbocycles. The molecule has 1 aliphatic rings. The Kier molecular flexibility index (Phi) is 2.32. The van der Waals surface area contributed by atoms with Crippen LogP contribution in [0.3, 0.4) is 0 Å². The summed E-state index contributed by atoms with van der Waals surface area (Å²) in [5, 5.41) is 1.08. The van der Waals surface area contributed by atoms with Gasteiger partial charge in [0.15, 0.2) is 0 Å². The molecule has 5 heteroatoms. The van der Waals surface area contributed by atoms with Crippen LogP contribution in [0.1, 0.15) is 5.01 Å². The van der Waals surface area contributed by atoms with E-state index in [2.05, 4.69) is 9.88 Å². The highest BCUT2D eigenvalue weighted by molar-refractivity contribution is 7.15. The van der Waals surface area contributed by atoms with Crippen molar-refractivity contribution in [3.05, 3.63) is 15.5 Å². The minimum absolute atomic E-state index is 0.362. The Hall–Kier alpha value is -0.160. The number of aromatic nitrogens is 1. The van der Waals surface area contributed by atoms with Crippen LogP contribution in [-0.4, -0.2) is 29.0 Å². The van der Waals surface area contributed by atoms with Gasteiger partial charge in [-0.3, -0.25) is 4.90 Å². The van der Waals surface area contributed by atoms with E-state index < -0.39 is 0 Å². The van der Waals surface area contributed by atoms with Crippen LogP contribution in [-0.2, 0) is 6.54 Å². The van der Waals surface area contributed by atoms with Crippen molar-refractivity contribution in [1.29, 1.82) is 0 Å². The van der Waals surface area contributed by atoms with Crippen molar-refractivity contribution in [2.45, 2.75) is 12.6 Å². The summed E-state index contributed by atoms with van der Waals surface area (Å²) in [6.45, 7) is 2.86. The molecule has 0 aliphatic carbocycles. The van der Waals surface area contributed by atoms with Crippen molar-refractivity contribution in [2.75, 3.05) is 13.1 Å². The number of rotatable bonds is 2. The second-order valence-electron chi connectivity index (χ2n) is 3.01. The molecule has 0 unspecified atom stereocenters. The molecule has 0 spiro atoms. The van der Waals surface area contributed by atoms with Gasteiger partial charge in [-0.2, -0.15) is 0 Å². The molecule has 1 aromatic heterocycles. The molecular formula is C7H10ClN3S. The lowest BCUT2D eigenvalue weighted by Crippen LogP contribution is -2.54. The highest BCUT2D eigenvalue weighted by Crippen LogP contribution is 2.21. The topological polar surface area (TPSA) is 42.1 Å². The van der Waals surface area contributed by atoms with Crippen LogP contribution in [0.5, 0.6) is 0 Å². The van der Waals surface area contributed by atoms with E-state index >= 15 is 0 Å². The minimum atomic E-state index is 0.362. The first-order valence-electron chi connectivity index (χ1n) is 3.82. The van der Waals surface area contributed by atoms with Crippen molar-refractivity contribution >= 4 is 22.9 Å². The Morgan fingerprint density at radius 3 is 3.00 bits per heavy atom. The molecule has 66 valence electrons. The minimum Gasteiger partial charge on any atom is -0.325 e. The van der Waals surface area contributed by atoms with Gasteiger partial charge in [0.1, 0.15) is 9.34 Å². The summed E-state index contributed by atoms with van der Waals surface area (Å²) in [6.07, 6.45) is 1.70. The van der Waals surface area contributed by atoms with E-state index in [-0.39, 0.29) is 0 Å². The summed E-state index contributed by atoms with van der Waals surface area (Å²) in [5.41, 5.74) is 5.64. The zero-order valence-corrected chi connectivity index (χ0v) is 8.11. The van der Waals surface area contributed by atoms with Crippen LogP contribution in [0.15, 0.2) is 6.20 Å². The highest BCUT2D eigenvalue weighted by Gasteiger charge is 2.23. The van der Waals surface area contributed by atoms with Crippen LogP contribution >= 0.6 is 22.9 Å². The Bertz CT molecular complexity index is 269. The van der Waals surface area contributed by atoms with Gasteiger partial charge in [-0.15, -0.1) is 11.3 Å². The lowest BCUT2D eigenvalue weighted by molar-refractivity contribution is 0.142. The monoisotopic (exact) mass is 203 g/mol. The van der Waals surface area contributed by atoms with Crippen molar-refractivity contribution in [1.82, 2.24) is 9.88 Å². The second kappa shape index (κ2) is 3.30. The first-order valence-corrected chi connectivity index (χ1v) is 5.01. The fourth-order valence-corrected chi connectivity index (χ4v) is 2.29. The van der Waals surface area contributed by atoms with Gasteiger partial charge in [-0.1, -0.05) is 11.6 Å². The van der Waals surface area contributed by atoms with Gasteiger partial charge >= 0.3 is 0 Å². The Morgan fingerprint density at radius 1 is 1.75 bits per heavy atom. The van der Waals surface area contributed by atoms with Crippen LogP contribution in [0, 0.1) is 0 Å². The normalized spacial score (nSPS) is 19.5. The van der Waals surface area contributed by atoms with Crippen molar-refractivity contribution in [3.63, 3.8) is 0 Å². The van der Waals surface area contributed by atoms with Crippen molar-refractivity contribution in [2.24, 2.45) is 5.73 Å². The third-order valence-electron chi connectivity index (χ3n) is 1.87. The first kappa shape index (κ1) is 8.44. The SMILES string of the molecule is NC1CN(Cc2ncc(Cl)s2)C1. The van der Waals surface area contributed by atoms with Gasteiger partial charge in [0.25, 0.3) is 0 Å². The number of likely N-dealkylation sites (tertiary alicyclic amines) is 1. The van der Waals surface area contributed by atoms with Crippen molar-refractivity contribution < 1.29 is 0 Å². The molecule has 3 nitrogen and oxygen atoms in total. The van der Waals surface area contributed by atoms with E-state index in [9.17, 15) is 0 Å². The molecule has 2 N–H and O–H groups in total. The van der Waals surface area contributed by atoms with Crippen LogP contribution in [0.25, 0.3) is 0 Å². The summed E-state index contributed by atoms with van der Waals surface area (Å²) in [5.74, 6) is 0. The van der Waals surface area contributed by atoms with Gasteiger partial charge < -0.3 is 5.73 Å². The lowest BCUT2D eigenvalue weighted by Gasteiger charge is -2.35. The van der Waals surface area contributed by atoms with Crippen LogP contribution < -0.4 is 5.73 Å². The zero-order valence-electron chi connectivity index (χ0n) is 6.53. The van der Waals surface area contributed by atoms with Gasteiger partial charge in [-0.05, 0) is 0 Å². The molecule has 1 aromatic rings. The third kappa shape index (κ3) is 1.77. The molecule has 2 heterocycles. The van der Waals surface area contributed by atoms with E-state index in [1.807, 2.05) is 0 Å². The molecule has 1 aliphatic heterocycles. The number of hydrogen-bond donors (Lipinski definition) is 1. The maximum atomic E-state index is 5.75. The molecule has 2 rings (SSSR count).